The zero-order valence-corrected chi connectivity index (χ0v) is 37.2. The molecule has 0 saturated carbocycles. The standard InChI is InChI=1S/C23H21.C11H17.2C6H4Cl.CH2.2ClH.Zr/c1-22(2)7-5-14-10-18-16(12-20(14)22)9-17-13-21-15(11-19(17)18)6-8-23(21,3)4;1-5-9-6-7-10(8-9)11(2,3)4;2*7-6-4-2-1-3-5-6;;;;/h5-7,10-13H,9H2,1-4H3;7-9H,5H2,1-4H3;2*1-2,4-5H;1H2;2*1H;/q4*-1;;;;. The van der Waals surface area contributed by atoms with E-state index in [1.54, 1.807) is 12.1 Å². The van der Waals surface area contributed by atoms with Crippen LogP contribution in [-0.2, 0) is 41.5 Å². The summed E-state index contributed by atoms with van der Waals surface area (Å²) in [5, 5.41) is 1.48. The Morgan fingerprint density at radius 1 is 0.808 bits per heavy atom. The minimum atomic E-state index is 0. The predicted molar refractivity (Wildman–Crippen MR) is 229 cm³/mol. The van der Waals surface area contributed by atoms with Crippen LogP contribution in [-0.4, -0.2) is 4.21 Å². The van der Waals surface area contributed by atoms with E-state index in [0.717, 1.165) is 16.5 Å². The third kappa shape index (κ3) is 11.6. The zero-order chi connectivity index (χ0) is 36.7. The van der Waals surface area contributed by atoms with Crippen LogP contribution in [0.15, 0.2) is 96.6 Å². The first-order chi connectivity index (χ1) is 23.7. The summed E-state index contributed by atoms with van der Waals surface area (Å²) < 4.78 is 3.34. The number of rotatable bonds is 1. The second-order valence-corrected chi connectivity index (χ2v) is 15.9. The molecule has 1 unspecified atom stereocenters. The molecule has 0 spiro atoms. The van der Waals surface area contributed by atoms with Gasteiger partial charge in [-0.3, -0.25) is 12.2 Å². The molecule has 274 valence electrons. The third-order valence-electron chi connectivity index (χ3n) is 9.34. The summed E-state index contributed by atoms with van der Waals surface area (Å²) in [4.78, 5) is 0. The summed E-state index contributed by atoms with van der Waals surface area (Å²) in [5.74, 6) is 0.573. The summed E-state index contributed by atoms with van der Waals surface area (Å²) in [7, 11) is 0. The molecule has 4 aromatic rings. The summed E-state index contributed by atoms with van der Waals surface area (Å²) >= 11 is 12.3. The van der Waals surface area contributed by atoms with E-state index < -0.39 is 0 Å². The van der Waals surface area contributed by atoms with Crippen molar-refractivity contribution in [3.05, 3.63) is 164 Å². The van der Waals surface area contributed by atoms with Crippen LogP contribution in [0.25, 0.3) is 23.3 Å². The Hall–Kier alpha value is -2.25. The fourth-order valence-corrected chi connectivity index (χ4v) is 6.63. The Bertz CT molecular complexity index is 1780. The number of benzene rings is 4. The molecule has 0 heterocycles. The van der Waals surface area contributed by atoms with E-state index >= 15 is 0 Å². The minimum absolute atomic E-state index is 0. The van der Waals surface area contributed by atoms with Crippen LogP contribution in [0.3, 0.4) is 0 Å². The molecule has 4 aliphatic rings. The van der Waals surface area contributed by atoms with Gasteiger partial charge in [0, 0.05) is 5.41 Å². The molecule has 0 aromatic heterocycles. The molecule has 0 aliphatic heterocycles. The van der Waals surface area contributed by atoms with Crippen LogP contribution >= 0.6 is 48.0 Å². The van der Waals surface area contributed by atoms with Crippen molar-refractivity contribution in [1.29, 1.82) is 0 Å². The van der Waals surface area contributed by atoms with Gasteiger partial charge in [-0.2, -0.15) is 101 Å². The van der Waals surface area contributed by atoms with E-state index in [0.29, 0.717) is 11.3 Å². The van der Waals surface area contributed by atoms with Crippen molar-refractivity contribution in [3.63, 3.8) is 0 Å². The molecule has 0 nitrogen and oxygen atoms in total. The fourth-order valence-electron chi connectivity index (χ4n) is 6.36. The van der Waals surface area contributed by atoms with Crippen molar-refractivity contribution < 1.29 is 24.2 Å². The van der Waals surface area contributed by atoms with E-state index in [4.69, 9.17) is 23.2 Å². The fraction of sp³-hybridized carbons (Fsp3) is 0.298. The number of allylic oxidation sites excluding steroid dienone is 6. The van der Waals surface area contributed by atoms with Crippen molar-refractivity contribution in [2.24, 2.45) is 11.3 Å². The topological polar surface area (TPSA) is 0 Å². The molecule has 0 bridgehead atoms. The maximum absolute atomic E-state index is 5.51. The van der Waals surface area contributed by atoms with Crippen molar-refractivity contribution in [1.82, 2.24) is 0 Å². The van der Waals surface area contributed by atoms with Crippen molar-refractivity contribution in [2.75, 3.05) is 0 Å². The molecular formula is C47H50Cl4Zr-4. The van der Waals surface area contributed by atoms with Gasteiger partial charge in [0.1, 0.15) is 0 Å². The first-order valence-corrected chi connectivity index (χ1v) is 19.7. The van der Waals surface area contributed by atoms with Gasteiger partial charge in [-0.1, -0.05) is 113 Å². The Morgan fingerprint density at radius 3 is 1.77 bits per heavy atom. The Kier molecular flexibility index (Phi) is 17.6. The van der Waals surface area contributed by atoms with Crippen molar-refractivity contribution >= 4 is 64.4 Å². The van der Waals surface area contributed by atoms with Gasteiger partial charge >= 0.3 is 28.4 Å². The van der Waals surface area contributed by atoms with Gasteiger partial charge in [0.15, 0.2) is 0 Å². The Labute approximate surface area is 351 Å². The predicted octanol–water partition coefficient (Wildman–Crippen LogP) is 14.1. The molecule has 0 fully saturated rings. The van der Waals surface area contributed by atoms with E-state index in [9.17, 15) is 0 Å². The van der Waals surface area contributed by atoms with E-state index in [1.807, 2.05) is 36.4 Å². The zero-order valence-electron chi connectivity index (χ0n) is 31.6. The average Bonchev–Trinajstić information content (AvgIpc) is 3.86. The maximum atomic E-state index is 5.51. The SMILES string of the molecule is CC1(C)[C-]=Cc2cc3c(cc21)Cc1cc2c(cc1-3)C=CC2(C)C.CCC1[C-]=CC(C(C)(C)C)=C1.Cl.Cl.Clc1c[c-]ccc1.Clc1c[c-]ccc1.[CH2]=[Zr]. The molecule has 5 heteroatoms. The Balaban J connectivity index is 0.000000270. The average molecular weight is 848 g/mol. The number of fused-ring (bicyclic) bond motifs is 5. The quantitative estimate of drug-likeness (QED) is 0.147. The normalized spacial score (nSPS) is 16.5. The molecule has 52 heavy (non-hydrogen) atoms. The number of halogens is 4. The molecule has 0 radical (unpaired) electrons. The number of hydrogen-bond acceptors (Lipinski definition) is 0. The monoisotopic (exact) mass is 844 g/mol. The molecule has 4 aliphatic carbocycles. The summed E-state index contributed by atoms with van der Waals surface area (Å²) in [5.41, 5.74) is 13.4. The molecular weight excluding hydrogens is 798 g/mol. The van der Waals surface area contributed by atoms with Gasteiger partial charge in [0.2, 0.25) is 0 Å². The van der Waals surface area contributed by atoms with Gasteiger partial charge in [0.05, 0.1) is 0 Å². The number of hydrogen-bond donors (Lipinski definition) is 0. The second kappa shape index (κ2) is 19.9. The summed E-state index contributed by atoms with van der Waals surface area (Å²) in [6, 6.07) is 29.7. The first kappa shape index (κ1) is 45.9. The van der Waals surface area contributed by atoms with Gasteiger partial charge in [0.25, 0.3) is 0 Å². The molecule has 1 atom stereocenters. The van der Waals surface area contributed by atoms with Crippen LogP contribution in [0.5, 0.6) is 0 Å². The van der Waals surface area contributed by atoms with Crippen LogP contribution in [0.2, 0.25) is 10.0 Å². The third-order valence-corrected chi connectivity index (χ3v) is 9.81. The van der Waals surface area contributed by atoms with Crippen LogP contribution in [0.1, 0.15) is 95.2 Å². The van der Waals surface area contributed by atoms with Crippen molar-refractivity contribution in [3.8, 4) is 11.1 Å². The molecule has 8 rings (SSSR count). The van der Waals surface area contributed by atoms with Crippen LogP contribution < -0.4 is 0 Å². The van der Waals surface area contributed by atoms with Gasteiger partial charge in [-0.05, 0) is 45.9 Å². The van der Waals surface area contributed by atoms with E-state index in [-0.39, 0.29) is 35.6 Å². The molecule has 0 N–H and O–H groups in total. The van der Waals surface area contributed by atoms with Crippen LogP contribution in [0.4, 0.5) is 0 Å². The molecule has 0 saturated heterocycles. The molecule has 0 amide bonds. The summed E-state index contributed by atoms with van der Waals surface area (Å²) in [6.45, 7) is 18.1. The van der Waals surface area contributed by atoms with Gasteiger partial charge in [-0.15, -0.1) is 36.4 Å². The van der Waals surface area contributed by atoms with Gasteiger partial charge < -0.3 is 0 Å². The van der Waals surface area contributed by atoms with Crippen molar-refractivity contribution in [2.45, 2.75) is 79.1 Å². The first-order valence-electron chi connectivity index (χ1n) is 17.2. The second-order valence-electron chi connectivity index (χ2n) is 15.0. The van der Waals surface area contributed by atoms with Gasteiger partial charge in [-0.25, -0.2) is 12.2 Å². The van der Waals surface area contributed by atoms with E-state index in [2.05, 4.69) is 139 Å². The van der Waals surface area contributed by atoms with Crippen LogP contribution in [0, 0.1) is 35.6 Å². The summed E-state index contributed by atoms with van der Waals surface area (Å²) in [6.07, 6.45) is 20.4. The molecule has 4 aromatic carbocycles. The Morgan fingerprint density at radius 2 is 1.35 bits per heavy atom. The van der Waals surface area contributed by atoms with E-state index in [1.165, 1.54) is 80.7 Å².